The SMILES string of the molecule is Cc1cc(C)cc([C@H](C)NC2NC(=O)N(C3CCOCC3)C(=O)N2)c1. The lowest BCUT2D eigenvalue weighted by atomic mass is 10.0. The Morgan fingerprint density at radius 2 is 1.64 bits per heavy atom. The van der Waals surface area contributed by atoms with Gasteiger partial charge in [0.2, 0.25) is 0 Å². The van der Waals surface area contributed by atoms with E-state index in [4.69, 9.17) is 4.74 Å². The number of carbonyl (C=O) groups is 2. The summed E-state index contributed by atoms with van der Waals surface area (Å²) in [6, 6.07) is 5.48. The van der Waals surface area contributed by atoms with E-state index in [-0.39, 0.29) is 24.1 Å². The summed E-state index contributed by atoms with van der Waals surface area (Å²) in [7, 11) is 0. The highest BCUT2D eigenvalue weighted by molar-refractivity contribution is 5.96. The molecule has 3 N–H and O–H groups in total. The van der Waals surface area contributed by atoms with E-state index in [0.29, 0.717) is 26.1 Å². The van der Waals surface area contributed by atoms with Crippen molar-refractivity contribution >= 4 is 12.1 Å². The Morgan fingerprint density at radius 3 is 2.20 bits per heavy atom. The van der Waals surface area contributed by atoms with Gasteiger partial charge in [-0.05, 0) is 39.2 Å². The smallest absolute Gasteiger partial charge is 0.328 e. The first kappa shape index (κ1) is 17.7. The number of amides is 4. The molecule has 136 valence electrons. The van der Waals surface area contributed by atoms with E-state index >= 15 is 0 Å². The van der Waals surface area contributed by atoms with Crippen molar-refractivity contribution in [3.8, 4) is 0 Å². The number of rotatable bonds is 4. The van der Waals surface area contributed by atoms with Gasteiger partial charge in [-0.25, -0.2) is 14.5 Å². The molecule has 2 heterocycles. The third-order valence-corrected chi connectivity index (χ3v) is 4.69. The molecule has 4 amide bonds. The van der Waals surface area contributed by atoms with Gasteiger partial charge in [0, 0.05) is 25.3 Å². The largest absolute Gasteiger partial charge is 0.381 e. The number of aryl methyl sites for hydroxylation is 2. The zero-order valence-corrected chi connectivity index (χ0v) is 15.0. The fourth-order valence-corrected chi connectivity index (χ4v) is 3.48. The van der Waals surface area contributed by atoms with Crippen molar-refractivity contribution in [3.63, 3.8) is 0 Å². The third kappa shape index (κ3) is 4.11. The number of benzene rings is 1. The maximum absolute atomic E-state index is 12.4. The van der Waals surface area contributed by atoms with Crippen molar-refractivity contribution < 1.29 is 14.3 Å². The van der Waals surface area contributed by atoms with Gasteiger partial charge in [0.05, 0.1) is 0 Å². The van der Waals surface area contributed by atoms with Crippen molar-refractivity contribution in [1.29, 1.82) is 0 Å². The number of nitrogens with one attached hydrogen (secondary N) is 3. The van der Waals surface area contributed by atoms with Crippen LogP contribution in [-0.2, 0) is 4.74 Å². The molecule has 0 bridgehead atoms. The molecular formula is C18H26N4O3. The fraction of sp³-hybridized carbons (Fsp3) is 0.556. The number of ether oxygens (including phenoxy) is 1. The molecule has 1 aromatic rings. The minimum atomic E-state index is -0.591. The van der Waals surface area contributed by atoms with Gasteiger partial charge < -0.3 is 15.4 Å². The molecule has 2 saturated heterocycles. The second kappa shape index (κ2) is 7.41. The summed E-state index contributed by atoms with van der Waals surface area (Å²) in [5.41, 5.74) is 3.49. The van der Waals surface area contributed by atoms with Gasteiger partial charge in [-0.1, -0.05) is 29.3 Å². The first-order chi connectivity index (χ1) is 11.9. The molecule has 0 radical (unpaired) electrons. The van der Waals surface area contributed by atoms with Gasteiger partial charge in [0.25, 0.3) is 0 Å². The van der Waals surface area contributed by atoms with Crippen LogP contribution in [0, 0.1) is 13.8 Å². The van der Waals surface area contributed by atoms with Crippen molar-refractivity contribution in [3.05, 3.63) is 34.9 Å². The highest BCUT2D eigenvalue weighted by Crippen LogP contribution is 2.19. The van der Waals surface area contributed by atoms with E-state index in [0.717, 1.165) is 5.56 Å². The molecule has 7 heteroatoms. The molecule has 2 aliphatic heterocycles. The van der Waals surface area contributed by atoms with Crippen LogP contribution >= 0.6 is 0 Å². The first-order valence-electron chi connectivity index (χ1n) is 8.76. The topological polar surface area (TPSA) is 82.7 Å². The molecule has 25 heavy (non-hydrogen) atoms. The number of urea groups is 2. The summed E-state index contributed by atoms with van der Waals surface area (Å²) >= 11 is 0. The van der Waals surface area contributed by atoms with E-state index < -0.39 is 6.29 Å². The van der Waals surface area contributed by atoms with E-state index in [2.05, 4.69) is 48.0 Å². The molecule has 0 saturated carbocycles. The summed E-state index contributed by atoms with van der Waals surface area (Å²) in [4.78, 5) is 26.1. The summed E-state index contributed by atoms with van der Waals surface area (Å²) < 4.78 is 5.30. The lowest BCUT2D eigenvalue weighted by molar-refractivity contribution is 0.0492. The Morgan fingerprint density at radius 1 is 1.08 bits per heavy atom. The van der Waals surface area contributed by atoms with E-state index in [1.807, 2.05) is 6.92 Å². The number of carbonyl (C=O) groups excluding carboxylic acids is 2. The molecule has 0 unspecified atom stereocenters. The van der Waals surface area contributed by atoms with Crippen LogP contribution in [0.5, 0.6) is 0 Å². The van der Waals surface area contributed by atoms with Crippen molar-refractivity contribution in [2.45, 2.75) is 52.0 Å². The van der Waals surface area contributed by atoms with Gasteiger partial charge in [0.1, 0.15) is 0 Å². The Labute approximate surface area is 148 Å². The minimum Gasteiger partial charge on any atom is -0.381 e. The predicted octanol–water partition coefficient (Wildman–Crippen LogP) is 2.15. The Balaban J connectivity index is 1.63. The number of hydrogen-bond acceptors (Lipinski definition) is 4. The van der Waals surface area contributed by atoms with Crippen LogP contribution in [0.4, 0.5) is 9.59 Å². The van der Waals surface area contributed by atoms with Crippen LogP contribution in [0.15, 0.2) is 18.2 Å². The van der Waals surface area contributed by atoms with Gasteiger partial charge in [0.15, 0.2) is 6.29 Å². The molecule has 1 aromatic carbocycles. The summed E-state index contributed by atoms with van der Waals surface area (Å²) in [5, 5.41) is 8.91. The molecular weight excluding hydrogens is 320 g/mol. The van der Waals surface area contributed by atoms with Crippen molar-refractivity contribution in [2.75, 3.05) is 13.2 Å². The normalized spacial score (nSPS) is 21.0. The van der Waals surface area contributed by atoms with Crippen LogP contribution in [0.1, 0.15) is 42.5 Å². The first-order valence-corrected chi connectivity index (χ1v) is 8.76. The quantitative estimate of drug-likeness (QED) is 0.780. The molecule has 2 fully saturated rings. The lowest BCUT2D eigenvalue weighted by Crippen LogP contribution is -2.70. The molecule has 0 aromatic heterocycles. The van der Waals surface area contributed by atoms with Gasteiger partial charge in [-0.15, -0.1) is 0 Å². The maximum Gasteiger partial charge on any atom is 0.328 e. The van der Waals surface area contributed by atoms with Gasteiger partial charge >= 0.3 is 12.1 Å². The molecule has 3 rings (SSSR count). The Bertz CT molecular complexity index is 619. The summed E-state index contributed by atoms with van der Waals surface area (Å²) in [6.07, 6.45) is 0.766. The number of imide groups is 1. The monoisotopic (exact) mass is 346 g/mol. The molecule has 7 nitrogen and oxygen atoms in total. The molecule has 2 aliphatic rings. The van der Waals surface area contributed by atoms with Crippen LogP contribution in [0.2, 0.25) is 0 Å². The second-order valence-electron chi connectivity index (χ2n) is 6.85. The standard InChI is InChI=1S/C18H26N4O3/c1-11-8-12(2)10-14(9-11)13(3)19-16-20-17(23)22(18(24)21-16)15-4-6-25-7-5-15/h8-10,13,15-16,19H,4-7H2,1-3H3,(H,20,23)(H,21,24)/t13-/m0/s1. The number of hydrogen-bond donors (Lipinski definition) is 3. The maximum atomic E-state index is 12.4. The van der Waals surface area contributed by atoms with Crippen LogP contribution in [0.3, 0.4) is 0 Å². The average Bonchev–Trinajstić information content (AvgIpc) is 2.54. The van der Waals surface area contributed by atoms with Crippen LogP contribution < -0.4 is 16.0 Å². The van der Waals surface area contributed by atoms with E-state index in [1.165, 1.54) is 16.0 Å². The molecule has 0 spiro atoms. The predicted molar refractivity (Wildman–Crippen MR) is 94.0 cm³/mol. The third-order valence-electron chi connectivity index (χ3n) is 4.69. The molecule has 0 aliphatic carbocycles. The Kier molecular flexibility index (Phi) is 5.24. The molecule has 1 atom stereocenters. The summed E-state index contributed by atoms with van der Waals surface area (Å²) in [5.74, 6) is 0. The van der Waals surface area contributed by atoms with E-state index in [1.54, 1.807) is 0 Å². The van der Waals surface area contributed by atoms with Crippen molar-refractivity contribution in [2.24, 2.45) is 0 Å². The average molecular weight is 346 g/mol. The summed E-state index contributed by atoms with van der Waals surface area (Å²) in [6.45, 7) is 7.27. The Hall–Kier alpha value is -2.12. The fourth-order valence-electron chi connectivity index (χ4n) is 3.48. The zero-order valence-electron chi connectivity index (χ0n) is 15.0. The van der Waals surface area contributed by atoms with Gasteiger partial charge in [-0.3, -0.25) is 5.32 Å². The second-order valence-corrected chi connectivity index (χ2v) is 6.85. The lowest BCUT2D eigenvalue weighted by Gasteiger charge is -2.39. The highest BCUT2D eigenvalue weighted by atomic mass is 16.5. The van der Waals surface area contributed by atoms with Crippen LogP contribution in [0.25, 0.3) is 0 Å². The minimum absolute atomic E-state index is 0.0150. The van der Waals surface area contributed by atoms with E-state index in [9.17, 15) is 9.59 Å². The highest BCUT2D eigenvalue weighted by Gasteiger charge is 2.37. The van der Waals surface area contributed by atoms with Gasteiger partial charge in [-0.2, -0.15) is 0 Å². The van der Waals surface area contributed by atoms with Crippen molar-refractivity contribution in [1.82, 2.24) is 20.9 Å². The zero-order chi connectivity index (χ0) is 18.0. The van der Waals surface area contributed by atoms with Crippen LogP contribution in [-0.4, -0.2) is 42.5 Å². The number of nitrogens with zero attached hydrogens (tertiary/aromatic N) is 1.